The van der Waals surface area contributed by atoms with Crippen LogP contribution in [0.3, 0.4) is 0 Å². The van der Waals surface area contributed by atoms with E-state index in [0.717, 1.165) is 17.0 Å². The van der Waals surface area contributed by atoms with E-state index in [2.05, 4.69) is 36.0 Å². The van der Waals surface area contributed by atoms with Gasteiger partial charge in [0.1, 0.15) is 11.6 Å². The standard InChI is InChI=1S/C23H15BrF2N4O4.ClH/c1-34-22(32)29-21-27-16-8-5-11(9-17(16)28-21)23(33)19-15(26)7-6-14(25)18(19)20(31)30(23)13-4-2-3-12(24)10-13;/h2-10,33H,1H3,(H2,27,28,29,32);1H. The van der Waals surface area contributed by atoms with Gasteiger partial charge in [0.15, 0.2) is 0 Å². The normalized spacial score (nSPS) is 16.7. The van der Waals surface area contributed by atoms with Gasteiger partial charge in [-0.1, -0.05) is 28.1 Å². The molecule has 180 valence electrons. The minimum atomic E-state index is -2.38. The van der Waals surface area contributed by atoms with Crippen LogP contribution in [0.15, 0.2) is 59.1 Å². The molecule has 0 bridgehead atoms. The number of aromatic nitrogens is 2. The van der Waals surface area contributed by atoms with E-state index in [0.29, 0.717) is 15.5 Å². The van der Waals surface area contributed by atoms with Gasteiger partial charge >= 0.3 is 6.09 Å². The number of aliphatic hydroxyl groups is 1. The van der Waals surface area contributed by atoms with Gasteiger partial charge in [0.2, 0.25) is 11.7 Å². The highest BCUT2D eigenvalue weighted by Gasteiger charge is 2.54. The number of carbonyl (C=O) groups excluding carboxylic acids is 2. The highest BCUT2D eigenvalue weighted by atomic mass is 79.9. The number of hydrogen-bond acceptors (Lipinski definition) is 5. The lowest BCUT2D eigenvalue weighted by molar-refractivity contribution is 0.0686. The summed E-state index contributed by atoms with van der Waals surface area (Å²) in [4.78, 5) is 32.9. The molecule has 0 spiro atoms. The Morgan fingerprint density at radius 2 is 1.91 bits per heavy atom. The molecule has 0 saturated heterocycles. The Hall–Kier alpha value is -3.54. The van der Waals surface area contributed by atoms with E-state index in [1.54, 1.807) is 24.3 Å². The van der Waals surface area contributed by atoms with E-state index >= 15 is 4.39 Å². The molecule has 0 saturated carbocycles. The predicted molar refractivity (Wildman–Crippen MR) is 130 cm³/mol. The first-order chi connectivity index (χ1) is 16.2. The predicted octanol–water partition coefficient (Wildman–Crippen LogP) is 5.06. The van der Waals surface area contributed by atoms with E-state index in [1.807, 2.05) is 0 Å². The lowest BCUT2D eigenvalue weighted by Gasteiger charge is -2.35. The van der Waals surface area contributed by atoms with Crippen LogP contribution >= 0.6 is 28.3 Å². The van der Waals surface area contributed by atoms with Crippen LogP contribution in [0.4, 0.5) is 25.2 Å². The minimum Gasteiger partial charge on any atom is -0.453 e. The molecule has 0 aliphatic carbocycles. The second-order valence-electron chi connectivity index (χ2n) is 7.51. The van der Waals surface area contributed by atoms with Crippen molar-refractivity contribution < 1.29 is 28.2 Å². The smallest absolute Gasteiger partial charge is 0.413 e. The van der Waals surface area contributed by atoms with Crippen LogP contribution in [0, 0.1) is 11.6 Å². The van der Waals surface area contributed by atoms with Crippen molar-refractivity contribution >= 4 is 63.0 Å². The van der Waals surface area contributed by atoms with Gasteiger partial charge in [-0.25, -0.2) is 18.6 Å². The van der Waals surface area contributed by atoms with Crippen LogP contribution in [0.1, 0.15) is 21.5 Å². The molecule has 2 heterocycles. The topological polar surface area (TPSA) is 108 Å². The fraction of sp³-hybridized carbons (Fsp3) is 0.0870. The summed E-state index contributed by atoms with van der Waals surface area (Å²) < 4.78 is 35.0. The largest absolute Gasteiger partial charge is 0.453 e. The number of fused-ring (bicyclic) bond motifs is 2. The van der Waals surface area contributed by atoms with Crippen LogP contribution in [0.25, 0.3) is 11.0 Å². The van der Waals surface area contributed by atoms with E-state index in [4.69, 9.17) is 0 Å². The highest BCUT2D eigenvalue weighted by molar-refractivity contribution is 9.10. The summed E-state index contributed by atoms with van der Waals surface area (Å²) in [6.07, 6.45) is -0.744. The molecular weight excluding hydrogens is 550 g/mol. The number of methoxy groups -OCH3 is 1. The maximum absolute atomic E-state index is 15.1. The number of imidazole rings is 1. The van der Waals surface area contributed by atoms with Gasteiger partial charge < -0.3 is 14.8 Å². The zero-order valence-corrected chi connectivity index (χ0v) is 20.2. The van der Waals surface area contributed by atoms with Crippen LogP contribution in [0.2, 0.25) is 0 Å². The summed E-state index contributed by atoms with van der Waals surface area (Å²) in [7, 11) is 1.20. The Kier molecular flexibility index (Phi) is 6.26. The van der Waals surface area contributed by atoms with Crippen molar-refractivity contribution in [1.29, 1.82) is 0 Å². The Bertz CT molecular complexity index is 1500. The molecule has 35 heavy (non-hydrogen) atoms. The molecule has 2 amide bonds. The Morgan fingerprint density at radius 3 is 2.63 bits per heavy atom. The van der Waals surface area contributed by atoms with Gasteiger partial charge in [-0.2, -0.15) is 0 Å². The second-order valence-corrected chi connectivity index (χ2v) is 8.42. The average Bonchev–Trinajstić information content (AvgIpc) is 3.32. The van der Waals surface area contributed by atoms with Gasteiger partial charge in [-0.3, -0.25) is 15.0 Å². The minimum absolute atomic E-state index is 0. The summed E-state index contributed by atoms with van der Waals surface area (Å²) in [5, 5.41) is 14.4. The van der Waals surface area contributed by atoms with Gasteiger partial charge in [0.05, 0.1) is 29.3 Å². The molecule has 4 aromatic rings. The molecule has 1 unspecified atom stereocenters. The van der Waals surface area contributed by atoms with Crippen LogP contribution < -0.4 is 10.2 Å². The SMILES string of the molecule is COC(=O)Nc1nc2ccc(C3(O)c4c(F)ccc(F)c4C(=O)N3c3cccc(Br)c3)cc2[nH]1.Cl. The second kappa shape index (κ2) is 8.91. The van der Waals surface area contributed by atoms with Crippen molar-refractivity contribution in [2.24, 2.45) is 0 Å². The van der Waals surface area contributed by atoms with Crippen molar-refractivity contribution in [1.82, 2.24) is 9.97 Å². The zero-order chi connectivity index (χ0) is 24.2. The molecule has 1 atom stereocenters. The quantitative estimate of drug-likeness (QED) is 0.322. The first-order valence-electron chi connectivity index (χ1n) is 9.90. The van der Waals surface area contributed by atoms with E-state index < -0.39 is 40.5 Å². The molecule has 0 radical (unpaired) electrons. The third-order valence-corrected chi connectivity index (χ3v) is 6.04. The van der Waals surface area contributed by atoms with Gasteiger partial charge in [-0.15, -0.1) is 12.4 Å². The number of nitrogens with zero attached hydrogens (tertiary/aromatic N) is 2. The molecule has 3 N–H and O–H groups in total. The molecule has 3 aromatic carbocycles. The Balaban J connectivity index is 0.00000289. The monoisotopic (exact) mass is 564 g/mol. The van der Waals surface area contributed by atoms with Crippen LogP contribution in [-0.4, -0.2) is 34.2 Å². The summed E-state index contributed by atoms with van der Waals surface area (Å²) in [5.74, 6) is -2.72. The maximum Gasteiger partial charge on any atom is 0.413 e. The number of halogens is 4. The van der Waals surface area contributed by atoms with Crippen molar-refractivity contribution in [2.45, 2.75) is 5.72 Å². The molecule has 1 aromatic heterocycles. The van der Waals surface area contributed by atoms with Crippen LogP contribution in [0.5, 0.6) is 0 Å². The first-order valence-corrected chi connectivity index (χ1v) is 10.7. The fourth-order valence-corrected chi connectivity index (χ4v) is 4.49. The summed E-state index contributed by atoms with van der Waals surface area (Å²) in [6, 6.07) is 12.6. The van der Waals surface area contributed by atoms with E-state index in [-0.39, 0.29) is 29.6 Å². The number of amides is 2. The number of H-pyrrole nitrogens is 1. The molecule has 1 aliphatic heterocycles. The summed E-state index contributed by atoms with van der Waals surface area (Å²) in [5.41, 5.74) is -2.36. The molecular formula is C23H16BrClF2N4O4. The first kappa shape index (κ1) is 24.6. The third kappa shape index (κ3) is 3.81. The summed E-state index contributed by atoms with van der Waals surface area (Å²) in [6.45, 7) is 0. The maximum atomic E-state index is 15.1. The lowest BCUT2D eigenvalue weighted by Crippen LogP contribution is -2.45. The third-order valence-electron chi connectivity index (χ3n) is 5.55. The molecule has 1 aliphatic rings. The van der Waals surface area contributed by atoms with Crippen LogP contribution in [-0.2, 0) is 10.5 Å². The highest BCUT2D eigenvalue weighted by Crippen LogP contribution is 2.47. The van der Waals surface area contributed by atoms with Crippen molar-refractivity contribution in [3.63, 3.8) is 0 Å². The van der Waals surface area contributed by atoms with Crippen molar-refractivity contribution in [3.8, 4) is 0 Å². The summed E-state index contributed by atoms with van der Waals surface area (Å²) >= 11 is 3.32. The van der Waals surface area contributed by atoms with Crippen molar-refractivity contribution in [2.75, 3.05) is 17.3 Å². The Labute approximate surface area is 211 Å². The van der Waals surface area contributed by atoms with Gasteiger partial charge in [0, 0.05) is 15.7 Å². The molecule has 5 rings (SSSR count). The van der Waals surface area contributed by atoms with Gasteiger partial charge in [-0.05, 0) is 42.5 Å². The van der Waals surface area contributed by atoms with Crippen molar-refractivity contribution in [3.05, 3.63) is 87.4 Å². The average molecular weight is 566 g/mol. The number of ether oxygens (including phenoxy) is 1. The molecule has 8 nitrogen and oxygen atoms in total. The van der Waals surface area contributed by atoms with E-state index in [1.165, 1.54) is 25.3 Å². The fourth-order valence-electron chi connectivity index (χ4n) is 4.10. The number of benzene rings is 3. The van der Waals surface area contributed by atoms with E-state index in [9.17, 15) is 19.1 Å². The van der Waals surface area contributed by atoms with Gasteiger partial charge in [0.25, 0.3) is 5.91 Å². The number of hydrogen-bond donors (Lipinski definition) is 3. The number of anilines is 2. The lowest BCUT2D eigenvalue weighted by atomic mass is 9.92. The Morgan fingerprint density at radius 1 is 1.17 bits per heavy atom. The molecule has 0 fully saturated rings. The zero-order valence-electron chi connectivity index (χ0n) is 17.8. The number of rotatable bonds is 3. The molecule has 12 heteroatoms. The number of carbonyl (C=O) groups is 2. The number of aromatic amines is 1. The number of nitrogens with one attached hydrogen (secondary N) is 2.